The smallest absolute Gasteiger partial charge is 0.329 e. The number of unbranched alkanes of at least 4 members (excludes halogenated alkanes) is 2. The largest absolute Gasteiger partial charge is 0.456 e. The highest BCUT2D eigenvalue weighted by Crippen LogP contribution is 2.11. The second-order valence-corrected chi connectivity index (χ2v) is 8.54. The average molecular weight is 503 g/mol. The van der Waals surface area contributed by atoms with Gasteiger partial charge in [0, 0.05) is 0 Å². The summed E-state index contributed by atoms with van der Waals surface area (Å²) in [6.45, 7) is 3.74. The van der Waals surface area contributed by atoms with Crippen molar-refractivity contribution in [1.82, 2.24) is 20.9 Å². The van der Waals surface area contributed by atoms with Gasteiger partial charge >= 0.3 is 5.97 Å². The van der Waals surface area contributed by atoms with Crippen molar-refractivity contribution >= 4 is 36.3 Å². The van der Waals surface area contributed by atoms with E-state index in [4.69, 9.17) is 4.74 Å². The van der Waals surface area contributed by atoms with Crippen LogP contribution in [-0.2, 0) is 25.7 Å². The van der Waals surface area contributed by atoms with Gasteiger partial charge in [0.2, 0.25) is 5.91 Å². The number of nitrogens with one attached hydrogen (secondary N) is 3. The summed E-state index contributed by atoms with van der Waals surface area (Å²) in [5, 5.41) is 7.98. The zero-order chi connectivity index (χ0) is 25.6. The van der Waals surface area contributed by atoms with Crippen LogP contribution in [0.5, 0.6) is 0 Å². The number of hydrogen-bond donors (Lipinski definition) is 4. The van der Waals surface area contributed by atoms with Crippen LogP contribution in [0.2, 0.25) is 0 Å². The maximum atomic E-state index is 13.1. The molecule has 190 valence electrons. The fourth-order valence-electron chi connectivity index (χ4n) is 3.38. The Morgan fingerprint density at radius 1 is 1.17 bits per heavy atom. The molecule has 3 N–H and O–H groups in total. The van der Waals surface area contributed by atoms with Crippen molar-refractivity contribution in [3.8, 4) is 0 Å². The Labute approximate surface area is 211 Å². The molecular weight excluding hydrogens is 468 g/mol. The van der Waals surface area contributed by atoms with Gasteiger partial charge in [-0.25, -0.2) is 9.78 Å². The minimum Gasteiger partial charge on any atom is -0.456 e. The predicted octanol–water partition coefficient (Wildman–Crippen LogP) is 2.59. The number of pyridine rings is 1. The van der Waals surface area contributed by atoms with Crippen molar-refractivity contribution in [2.45, 2.75) is 71.1 Å². The van der Waals surface area contributed by atoms with Gasteiger partial charge in [-0.3, -0.25) is 14.4 Å². The fourth-order valence-corrected chi connectivity index (χ4v) is 3.53. The molecular formula is C25H34N4O5S. The summed E-state index contributed by atoms with van der Waals surface area (Å²) in [6, 6.07) is 3.91. The molecule has 10 heteroatoms. The van der Waals surface area contributed by atoms with Crippen LogP contribution in [0, 0.1) is 0 Å². The number of thiol groups is 1. The summed E-state index contributed by atoms with van der Waals surface area (Å²) < 4.78 is 5.64. The second-order valence-electron chi connectivity index (χ2n) is 8.09. The summed E-state index contributed by atoms with van der Waals surface area (Å²) in [6.07, 6.45) is 7.56. The van der Waals surface area contributed by atoms with E-state index in [1.807, 2.05) is 6.92 Å². The summed E-state index contributed by atoms with van der Waals surface area (Å²) in [7, 11) is 0. The first-order valence-corrected chi connectivity index (χ1v) is 12.5. The highest BCUT2D eigenvalue weighted by molar-refractivity contribution is 7.80. The Morgan fingerprint density at radius 2 is 1.97 bits per heavy atom. The standard InChI is InChI=1S/C25H34N4O5S/c1-3-5-6-12-21-25(33)34-18(11-7-8-14-35)15-22(30)26-16-17-10-9-13-20(27-17)24(32)28-19(4-2)23(31)29-21/h4,7,9-11,13,18,21,35H,3,5-6,8,12,14-16H2,1-2H3,(H,26,30)(H,28,32)(H,29,31)/b11-7+,19-4-/t18-,21+/m1/s1. The Morgan fingerprint density at radius 3 is 2.69 bits per heavy atom. The van der Waals surface area contributed by atoms with E-state index < -0.39 is 29.9 Å². The second kappa shape index (κ2) is 15.0. The molecule has 0 saturated heterocycles. The van der Waals surface area contributed by atoms with Crippen LogP contribution < -0.4 is 16.0 Å². The number of rotatable bonds is 7. The van der Waals surface area contributed by atoms with E-state index in [0.717, 1.165) is 12.8 Å². The summed E-state index contributed by atoms with van der Waals surface area (Å²) in [4.78, 5) is 55.5. The van der Waals surface area contributed by atoms with Gasteiger partial charge in [0.05, 0.1) is 18.7 Å². The zero-order valence-electron chi connectivity index (χ0n) is 20.2. The first kappa shape index (κ1) is 28.1. The van der Waals surface area contributed by atoms with Crippen LogP contribution in [-0.4, -0.2) is 46.6 Å². The number of carbonyl (C=O) groups is 4. The Bertz CT molecular complexity index is 963. The minimum absolute atomic E-state index is 0.00103. The van der Waals surface area contributed by atoms with Crippen LogP contribution in [0.4, 0.5) is 0 Å². The van der Waals surface area contributed by atoms with Gasteiger partial charge in [0.15, 0.2) is 0 Å². The van der Waals surface area contributed by atoms with Crippen LogP contribution >= 0.6 is 12.6 Å². The van der Waals surface area contributed by atoms with Crippen LogP contribution in [0.15, 0.2) is 42.1 Å². The van der Waals surface area contributed by atoms with Gasteiger partial charge < -0.3 is 20.7 Å². The molecule has 0 radical (unpaired) electrons. The summed E-state index contributed by atoms with van der Waals surface area (Å²) in [5.41, 5.74) is 0.573. The van der Waals surface area contributed by atoms with E-state index in [9.17, 15) is 19.2 Å². The lowest BCUT2D eigenvalue weighted by Crippen LogP contribution is -2.46. The number of ether oxygens (including phenoxy) is 1. The molecule has 0 spiro atoms. The number of carbonyl (C=O) groups excluding carboxylic acids is 4. The van der Waals surface area contributed by atoms with Crippen molar-refractivity contribution in [3.05, 3.63) is 53.5 Å². The molecule has 2 rings (SSSR count). The quantitative estimate of drug-likeness (QED) is 0.149. The zero-order valence-corrected chi connectivity index (χ0v) is 21.1. The summed E-state index contributed by atoms with van der Waals surface area (Å²) in [5.74, 6) is -1.55. The van der Waals surface area contributed by atoms with Crippen molar-refractivity contribution in [2.75, 3.05) is 5.75 Å². The lowest BCUT2D eigenvalue weighted by atomic mass is 10.1. The van der Waals surface area contributed by atoms with Crippen molar-refractivity contribution in [2.24, 2.45) is 0 Å². The molecule has 1 aliphatic rings. The van der Waals surface area contributed by atoms with Gasteiger partial charge in [-0.15, -0.1) is 0 Å². The monoisotopic (exact) mass is 502 g/mol. The fraction of sp³-hybridized carbons (Fsp3) is 0.480. The lowest BCUT2D eigenvalue weighted by Gasteiger charge is -2.22. The molecule has 35 heavy (non-hydrogen) atoms. The third-order valence-electron chi connectivity index (χ3n) is 5.27. The molecule has 3 amide bonds. The Hall–Kier alpha value is -3.14. The number of aromatic nitrogens is 1. The first-order chi connectivity index (χ1) is 16.9. The third kappa shape index (κ3) is 9.56. The topological polar surface area (TPSA) is 126 Å². The number of cyclic esters (lactones) is 1. The molecule has 0 saturated carbocycles. The molecule has 9 nitrogen and oxygen atoms in total. The Kier molecular flexibility index (Phi) is 12.0. The van der Waals surface area contributed by atoms with Gasteiger partial charge in [0.25, 0.3) is 11.8 Å². The van der Waals surface area contributed by atoms with E-state index >= 15 is 0 Å². The molecule has 0 aliphatic carbocycles. The number of nitrogens with zero attached hydrogens (tertiary/aromatic N) is 1. The molecule has 2 heterocycles. The Balaban J connectivity index is 2.37. The molecule has 1 aliphatic heterocycles. The molecule has 0 aromatic carbocycles. The highest BCUT2D eigenvalue weighted by atomic mass is 32.1. The maximum Gasteiger partial charge on any atom is 0.329 e. The van der Waals surface area contributed by atoms with Crippen LogP contribution in [0.3, 0.4) is 0 Å². The normalized spacial score (nSPS) is 21.4. The molecule has 0 unspecified atom stereocenters. The van der Waals surface area contributed by atoms with Crippen LogP contribution in [0.1, 0.15) is 68.6 Å². The van der Waals surface area contributed by atoms with Crippen LogP contribution in [0.25, 0.3) is 0 Å². The van der Waals surface area contributed by atoms with E-state index in [1.54, 1.807) is 31.2 Å². The number of fused-ring (bicyclic) bond motifs is 2. The first-order valence-electron chi connectivity index (χ1n) is 11.9. The highest BCUT2D eigenvalue weighted by Gasteiger charge is 2.27. The SMILES string of the molecule is C/C=C1\NC(=O)c2cccc(n2)CNC(=O)C[C@@H](/C=C/CCS)OC(=O)[C@H](CCCCC)NC1=O. The number of amides is 3. The van der Waals surface area contributed by atoms with Crippen molar-refractivity contribution < 1.29 is 23.9 Å². The number of hydrogen-bond acceptors (Lipinski definition) is 7. The van der Waals surface area contributed by atoms with E-state index in [0.29, 0.717) is 30.7 Å². The van der Waals surface area contributed by atoms with E-state index in [1.165, 1.54) is 12.1 Å². The average Bonchev–Trinajstić information content (AvgIpc) is 2.85. The third-order valence-corrected chi connectivity index (χ3v) is 5.53. The van der Waals surface area contributed by atoms with E-state index in [2.05, 4.69) is 33.6 Å². The van der Waals surface area contributed by atoms with Crippen molar-refractivity contribution in [1.29, 1.82) is 0 Å². The van der Waals surface area contributed by atoms with Crippen molar-refractivity contribution in [3.63, 3.8) is 0 Å². The minimum atomic E-state index is -0.931. The number of esters is 1. The van der Waals surface area contributed by atoms with E-state index in [-0.39, 0.29) is 30.3 Å². The van der Waals surface area contributed by atoms with Gasteiger partial charge in [-0.2, -0.15) is 12.6 Å². The van der Waals surface area contributed by atoms with Gasteiger partial charge in [-0.1, -0.05) is 44.4 Å². The molecule has 2 bridgehead atoms. The lowest BCUT2D eigenvalue weighted by molar-refractivity contribution is -0.152. The number of allylic oxidation sites excluding steroid dienone is 2. The molecule has 1 aromatic rings. The maximum absolute atomic E-state index is 13.1. The molecule has 1 aromatic heterocycles. The molecule has 0 fully saturated rings. The molecule has 2 atom stereocenters. The predicted molar refractivity (Wildman–Crippen MR) is 135 cm³/mol. The van der Waals surface area contributed by atoms with Gasteiger partial charge in [-0.05, 0) is 43.7 Å². The van der Waals surface area contributed by atoms with Gasteiger partial charge in [0.1, 0.15) is 23.5 Å². The summed E-state index contributed by atoms with van der Waals surface area (Å²) >= 11 is 4.18.